The number of sulfonamides is 1. The lowest BCUT2D eigenvalue weighted by atomic mass is 10.2. The quantitative estimate of drug-likeness (QED) is 0.336. The number of nitrogens with zero attached hydrogens (tertiary/aromatic N) is 2. The predicted octanol–water partition coefficient (Wildman–Crippen LogP) is 3.89. The molecule has 0 aliphatic carbocycles. The summed E-state index contributed by atoms with van der Waals surface area (Å²) in [6.45, 7) is 4.46. The Morgan fingerprint density at radius 3 is 2.49 bits per heavy atom. The summed E-state index contributed by atoms with van der Waals surface area (Å²) >= 11 is 1.21. The molecule has 2 heterocycles. The van der Waals surface area contributed by atoms with Crippen LogP contribution in [0.4, 0.5) is 5.69 Å². The maximum absolute atomic E-state index is 13.2. The van der Waals surface area contributed by atoms with Gasteiger partial charge in [-0.2, -0.15) is 4.99 Å². The van der Waals surface area contributed by atoms with Crippen LogP contribution in [0.3, 0.4) is 0 Å². The first-order chi connectivity index (χ1) is 18.7. The number of nitrogens with one attached hydrogen (secondary N) is 1. The molecule has 0 atom stereocenters. The van der Waals surface area contributed by atoms with Crippen molar-refractivity contribution < 1.29 is 32.2 Å². The Morgan fingerprint density at radius 1 is 1.05 bits per heavy atom. The highest BCUT2D eigenvalue weighted by Gasteiger charge is 2.19. The number of benzene rings is 3. The number of fused-ring (bicyclic) bond motifs is 2. The van der Waals surface area contributed by atoms with Crippen LogP contribution in [0, 0.1) is 6.92 Å². The fourth-order valence-electron chi connectivity index (χ4n) is 3.98. The maximum Gasteiger partial charge on any atom is 0.326 e. The van der Waals surface area contributed by atoms with Gasteiger partial charge in [-0.05, 0) is 44.2 Å². The fourth-order valence-corrected chi connectivity index (χ4v) is 6.07. The van der Waals surface area contributed by atoms with Crippen LogP contribution >= 0.6 is 11.3 Å². The van der Waals surface area contributed by atoms with E-state index in [1.807, 2.05) is 6.92 Å². The third-order valence-corrected chi connectivity index (χ3v) is 8.27. The Kier molecular flexibility index (Phi) is 7.40. The fraction of sp³-hybridized carbons (Fsp3) is 0.222. The molecular weight excluding hydrogens is 542 g/mol. The van der Waals surface area contributed by atoms with Crippen LogP contribution in [-0.2, 0) is 26.1 Å². The number of amides is 1. The lowest BCUT2D eigenvalue weighted by molar-refractivity contribution is -0.143. The maximum atomic E-state index is 13.2. The summed E-state index contributed by atoms with van der Waals surface area (Å²) in [5, 5.41) is 0. The largest absolute Gasteiger partial charge is 0.486 e. The number of ether oxygens (including phenoxy) is 3. The molecule has 0 bridgehead atoms. The van der Waals surface area contributed by atoms with E-state index in [2.05, 4.69) is 9.71 Å². The molecule has 4 aromatic rings. The minimum absolute atomic E-state index is 0.107. The molecule has 0 saturated heterocycles. The number of aromatic nitrogens is 1. The zero-order valence-electron chi connectivity index (χ0n) is 21.2. The summed E-state index contributed by atoms with van der Waals surface area (Å²) in [5.74, 6) is 0.0293. The smallest absolute Gasteiger partial charge is 0.326 e. The number of rotatable bonds is 7. The van der Waals surface area contributed by atoms with Crippen LogP contribution in [0.1, 0.15) is 22.8 Å². The number of carbonyl (C=O) groups excluding carboxylic acids is 2. The van der Waals surface area contributed by atoms with Gasteiger partial charge < -0.3 is 18.8 Å². The van der Waals surface area contributed by atoms with Gasteiger partial charge in [0.15, 0.2) is 16.3 Å². The highest BCUT2D eigenvalue weighted by molar-refractivity contribution is 7.92. The van der Waals surface area contributed by atoms with Gasteiger partial charge in [0.05, 0.1) is 21.7 Å². The van der Waals surface area contributed by atoms with E-state index in [9.17, 15) is 18.0 Å². The summed E-state index contributed by atoms with van der Waals surface area (Å²) in [4.78, 5) is 30.3. The molecule has 1 N–H and O–H groups in total. The predicted molar refractivity (Wildman–Crippen MR) is 146 cm³/mol. The van der Waals surface area contributed by atoms with Crippen LogP contribution in [0.25, 0.3) is 10.2 Å². The van der Waals surface area contributed by atoms with Crippen LogP contribution < -0.4 is 19.0 Å². The number of esters is 1. The van der Waals surface area contributed by atoms with Crippen molar-refractivity contribution in [3.63, 3.8) is 0 Å². The molecule has 12 heteroatoms. The third-order valence-electron chi connectivity index (χ3n) is 5.83. The Morgan fingerprint density at radius 2 is 1.77 bits per heavy atom. The zero-order valence-corrected chi connectivity index (χ0v) is 22.8. The van der Waals surface area contributed by atoms with Gasteiger partial charge in [-0.1, -0.05) is 35.1 Å². The van der Waals surface area contributed by atoms with Crippen molar-refractivity contribution in [1.29, 1.82) is 0 Å². The second-order valence-corrected chi connectivity index (χ2v) is 11.3. The van der Waals surface area contributed by atoms with E-state index in [4.69, 9.17) is 14.2 Å². The van der Waals surface area contributed by atoms with Gasteiger partial charge in [0.2, 0.25) is 0 Å². The van der Waals surface area contributed by atoms with Crippen molar-refractivity contribution in [2.45, 2.75) is 25.3 Å². The topological polar surface area (TPSA) is 125 Å². The number of thiazole rings is 1. The average Bonchev–Trinajstić information content (AvgIpc) is 3.22. The van der Waals surface area contributed by atoms with Crippen LogP contribution in [-0.4, -0.2) is 44.7 Å². The van der Waals surface area contributed by atoms with E-state index in [0.717, 1.165) is 10.3 Å². The van der Waals surface area contributed by atoms with Gasteiger partial charge >= 0.3 is 5.97 Å². The molecule has 0 radical (unpaired) electrons. The summed E-state index contributed by atoms with van der Waals surface area (Å²) in [7, 11) is -3.85. The van der Waals surface area contributed by atoms with E-state index >= 15 is 0 Å². The monoisotopic (exact) mass is 567 g/mol. The van der Waals surface area contributed by atoms with Gasteiger partial charge in [-0.25, -0.2) is 8.42 Å². The molecule has 5 rings (SSSR count). The molecule has 0 fully saturated rings. The molecule has 0 spiro atoms. The average molecular weight is 568 g/mol. The standard InChI is InChI=1S/C27H25N3O7S2/c1-3-35-25(31)16-30-21-14-22-23(37-12-11-36-22)15-24(21)38-27(30)28-26(32)18-5-4-6-19(13-18)29-39(33,34)20-9-7-17(2)8-10-20/h4-10,13-15,29H,3,11-12,16H2,1-2H3. The third kappa shape index (κ3) is 5.81. The van der Waals surface area contributed by atoms with Gasteiger partial charge in [-0.3, -0.25) is 14.3 Å². The highest BCUT2D eigenvalue weighted by Crippen LogP contribution is 2.35. The number of anilines is 1. The van der Waals surface area contributed by atoms with Crippen molar-refractivity contribution in [1.82, 2.24) is 4.57 Å². The van der Waals surface area contributed by atoms with Gasteiger partial charge in [0.1, 0.15) is 19.8 Å². The summed E-state index contributed by atoms with van der Waals surface area (Å²) < 4.78 is 46.9. The van der Waals surface area contributed by atoms with E-state index in [-0.39, 0.29) is 34.1 Å². The molecule has 10 nitrogen and oxygen atoms in total. The first kappa shape index (κ1) is 26.4. The zero-order chi connectivity index (χ0) is 27.6. The molecule has 202 valence electrons. The number of hydrogen-bond donors (Lipinski definition) is 1. The van der Waals surface area contributed by atoms with Crippen molar-refractivity contribution in [2.24, 2.45) is 4.99 Å². The van der Waals surface area contributed by atoms with E-state index in [1.54, 1.807) is 54.0 Å². The van der Waals surface area contributed by atoms with Crippen LogP contribution in [0.2, 0.25) is 0 Å². The SMILES string of the molecule is CCOC(=O)Cn1c(=NC(=O)c2cccc(NS(=O)(=O)c3ccc(C)cc3)c2)sc2cc3c(cc21)OCCO3. The minimum Gasteiger partial charge on any atom is -0.486 e. The molecular formula is C27H25N3O7S2. The van der Waals surface area contributed by atoms with E-state index in [0.29, 0.717) is 30.2 Å². The Balaban J connectivity index is 1.50. The van der Waals surface area contributed by atoms with Gasteiger partial charge in [0.25, 0.3) is 15.9 Å². The normalized spacial score (nSPS) is 13.3. The molecule has 1 aromatic heterocycles. The Labute approximate surface area is 228 Å². The molecule has 39 heavy (non-hydrogen) atoms. The first-order valence-corrected chi connectivity index (χ1v) is 14.4. The number of aryl methyl sites for hydroxylation is 1. The van der Waals surface area contributed by atoms with Crippen LogP contribution in [0.5, 0.6) is 11.5 Å². The second-order valence-electron chi connectivity index (χ2n) is 8.66. The van der Waals surface area contributed by atoms with Crippen molar-refractivity contribution >= 4 is 49.1 Å². The van der Waals surface area contributed by atoms with Crippen LogP contribution in [0.15, 0.2) is 70.6 Å². The lowest BCUT2D eigenvalue weighted by Crippen LogP contribution is -2.23. The molecule has 3 aromatic carbocycles. The van der Waals surface area contributed by atoms with Gasteiger partial charge in [0, 0.05) is 23.4 Å². The second kappa shape index (κ2) is 10.9. The molecule has 0 saturated carbocycles. The molecule has 1 aliphatic rings. The molecule has 1 amide bonds. The molecule has 1 aliphatic heterocycles. The Bertz CT molecular complexity index is 1740. The van der Waals surface area contributed by atoms with Crippen molar-refractivity contribution in [2.75, 3.05) is 24.5 Å². The van der Waals surface area contributed by atoms with Crippen molar-refractivity contribution in [3.8, 4) is 11.5 Å². The van der Waals surface area contributed by atoms with E-state index in [1.165, 1.54) is 29.5 Å². The van der Waals surface area contributed by atoms with Crippen molar-refractivity contribution in [3.05, 3.63) is 76.6 Å². The lowest BCUT2D eigenvalue weighted by Gasteiger charge is -2.18. The Hall–Kier alpha value is -4.16. The minimum atomic E-state index is -3.85. The summed E-state index contributed by atoms with van der Waals surface area (Å²) in [6.07, 6.45) is 0. The number of carbonyl (C=O) groups is 2. The molecule has 0 unspecified atom stereocenters. The first-order valence-electron chi connectivity index (χ1n) is 12.1. The summed E-state index contributed by atoms with van der Waals surface area (Å²) in [5.41, 5.74) is 1.97. The highest BCUT2D eigenvalue weighted by atomic mass is 32.2. The summed E-state index contributed by atoms with van der Waals surface area (Å²) in [6, 6.07) is 16.1. The van der Waals surface area contributed by atoms with Gasteiger partial charge in [-0.15, -0.1) is 0 Å². The number of hydrogen-bond acceptors (Lipinski definition) is 8. The van der Waals surface area contributed by atoms with E-state index < -0.39 is 21.9 Å².